The predicted octanol–water partition coefficient (Wildman–Crippen LogP) is 3.63. The van der Waals surface area contributed by atoms with Crippen molar-refractivity contribution in [3.63, 3.8) is 0 Å². The van der Waals surface area contributed by atoms with E-state index in [2.05, 4.69) is 5.10 Å². The van der Waals surface area contributed by atoms with Crippen LogP contribution in [0.4, 0.5) is 0 Å². The second kappa shape index (κ2) is 5.38. The lowest BCUT2D eigenvalue weighted by Crippen LogP contribution is -2.26. The standard InChI is InChI=1S/C20H18N2O3S/c1-20(2,3)19-16-17(14-11-7-8-12-15(14)18(16)23)21-22(19)26(24,25)13-9-5-4-6-10-13/h4-12H,1-3H3. The first kappa shape index (κ1) is 16.7. The molecule has 0 radical (unpaired) electrons. The predicted molar refractivity (Wildman–Crippen MR) is 98.8 cm³/mol. The molecule has 1 heterocycles. The molecule has 2 aromatic carbocycles. The number of hydrogen-bond acceptors (Lipinski definition) is 4. The number of aromatic nitrogens is 2. The molecule has 0 atom stereocenters. The Hall–Kier alpha value is -2.73. The lowest BCUT2D eigenvalue weighted by Gasteiger charge is -2.21. The highest BCUT2D eigenvalue weighted by Crippen LogP contribution is 2.42. The highest BCUT2D eigenvalue weighted by Gasteiger charge is 2.40. The first-order valence-corrected chi connectivity index (χ1v) is 9.75. The fourth-order valence-corrected chi connectivity index (χ4v) is 4.85. The number of rotatable bonds is 2. The summed E-state index contributed by atoms with van der Waals surface area (Å²) in [6.45, 7) is 5.66. The molecule has 1 aliphatic rings. The van der Waals surface area contributed by atoms with Gasteiger partial charge in [0.2, 0.25) is 0 Å². The van der Waals surface area contributed by atoms with Crippen LogP contribution in [0.25, 0.3) is 11.3 Å². The van der Waals surface area contributed by atoms with Crippen molar-refractivity contribution in [1.29, 1.82) is 0 Å². The molecule has 0 aliphatic heterocycles. The van der Waals surface area contributed by atoms with Crippen molar-refractivity contribution in [2.45, 2.75) is 31.1 Å². The maximum absolute atomic E-state index is 13.2. The minimum Gasteiger partial charge on any atom is -0.288 e. The Balaban J connectivity index is 2.06. The fourth-order valence-electron chi connectivity index (χ4n) is 3.35. The van der Waals surface area contributed by atoms with Crippen LogP contribution in [-0.4, -0.2) is 23.4 Å². The second-order valence-electron chi connectivity index (χ2n) is 7.36. The van der Waals surface area contributed by atoms with E-state index in [0.717, 1.165) is 4.09 Å². The maximum Gasteiger partial charge on any atom is 0.283 e. The van der Waals surface area contributed by atoms with Gasteiger partial charge in [-0.1, -0.05) is 63.2 Å². The molecular weight excluding hydrogens is 348 g/mol. The van der Waals surface area contributed by atoms with Crippen molar-refractivity contribution in [3.8, 4) is 11.3 Å². The Kier molecular flexibility index (Phi) is 3.46. The van der Waals surface area contributed by atoms with Crippen molar-refractivity contribution in [1.82, 2.24) is 9.19 Å². The molecule has 0 fully saturated rings. The Morgan fingerprint density at radius 2 is 1.46 bits per heavy atom. The quantitative estimate of drug-likeness (QED) is 0.543. The zero-order chi connectivity index (χ0) is 18.7. The van der Waals surface area contributed by atoms with E-state index in [4.69, 9.17) is 0 Å². The van der Waals surface area contributed by atoms with E-state index < -0.39 is 15.4 Å². The summed E-state index contributed by atoms with van der Waals surface area (Å²) in [5.74, 6) is -0.171. The summed E-state index contributed by atoms with van der Waals surface area (Å²) in [6, 6.07) is 15.3. The van der Waals surface area contributed by atoms with E-state index in [9.17, 15) is 13.2 Å². The van der Waals surface area contributed by atoms with Gasteiger partial charge in [-0.25, -0.2) is 0 Å². The molecule has 26 heavy (non-hydrogen) atoms. The normalized spacial score (nSPS) is 13.6. The molecule has 3 aromatic rings. The van der Waals surface area contributed by atoms with Crippen LogP contribution in [0.1, 0.15) is 42.4 Å². The summed E-state index contributed by atoms with van der Waals surface area (Å²) < 4.78 is 27.5. The average Bonchev–Trinajstić information content (AvgIpc) is 3.13. The molecule has 0 spiro atoms. The summed E-state index contributed by atoms with van der Waals surface area (Å²) in [5.41, 5.74) is 1.91. The Morgan fingerprint density at radius 1 is 0.885 bits per heavy atom. The molecule has 1 aromatic heterocycles. The Labute approximate surface area is 152 Å². The van der Waals surface area contributed by atoms with Gasteiger partial charge in [0, 0.05) is 16.5 Å². The minimum atomic E-state index is -3.90. The molecule has 0 bridgehead atoms. The largest absolute Gasteiger partial charge is 0.288 e. The van der Waals surface area contributed by atoms with Crippen LogP contribution < -0.4 is 0 Å². The van der Waals surface area contributed by atoms with Crippen molar-refractivity contribution in [3.05, 3.63) is 71.4 Å². The number of carbonyl (C=O) groups excluding carboxylic acids is 1. The van der Waals surface area contributed by atoms with Gasteiger partial charge in [0.15, 0.2) is 5.78 Å². The first-order valence-electron chi connectivity index (χ1n) is 8.31. The van der Waals surface area contributed by atoms with Crippen LogP contribution >= 0.6 is 0 Å². The van der Waals surface area contributed by atoms with E-state index in [1.165, 1.54) is 12.1 Å². The maximum atomic E-state index is 13.2. The van der Waals surface area contributed by atoms with E-state index in [-0.39, 0.29) is 10.7 Å². The third-order valence-corrected chi connectivity index (χ3v) is 6.08. The molecular formula is C20H18N2O3S. The third-order valence-electron chi connectivity index (χ3n) is 4.49. The van der Waals surface area contributed by atoms with E-state index in [1.54, 1.807) is 36.4 Å². The van der Waals surface area contributed by atoms with Crippen LogP contribution in [0.15, 0.2) is 59.5 Å². The Morgan fingerprint density at radius 3 is 2.08 bits per heavy atom. The van der Waals surface area contributed by atoms with Gasteiger partial charge >= 0.3 is 0 Å². The highest BCUT2D eigenvalue weighted by atomic mass is 32.2. The van der Waals surface area contributed by atoms with Gasteiger partial charge in [-0.05, 0) is 12.1 Å². The number of ketones is 1. The summed E-state index contributed by atoms with van der Waals surface area (Å²) in [4.78, 5) is 13.1. The van der Waals surface area contributed by atoms with Gasteiger partial charge in [-0.2, -0.15) is 17.6 Å². The van der Waals surface area contributed by atoms with Gasteiger partial charge in [0.05, 0.1) is 16.2 Å². The second-order valence-corrected chi connectivity index (χ2v) is 9.13. The summed E-state index contributed by atoms with van der Waals surface area (Å²) in [6.07, 6.45) is 0. The summed E-state index contributed by atoms with van der Waals surface area (Å²) in [5, 5.41) is 4.40. The van der Waals surface area contributed by atoms with Gasteiger partial charge in [0.1, 0.15) is 5.69 Å². The molecule has 1 aliphatic carbocycles. The number of benzene rings is 2. The molecule has 0 unspecified atom stereocenters. The van der Waals surface area contributed by atoms with Crippen LogP contribution in [0, 0.1) is 0 Å². The van der Waals surface area contributed by atoms with E-state index in [1.807, 2.05) is 26.8 Å². The molecule has 6 heteroatoms. The zero-order valence-electron chi connectivity index (χ0n) is 14.7. The van der Waals surface area contributed by atoms with E-state index in [0.29, 0.717) is 28.1 Å². The SMILES string of the molecule is CC(C)(C)c1c2c(nn1S(=O)(=O)c1ccccc1)-c1ccccc1C2=O. The number of hydrogen-bond donors (Lipinski definition) is 0. The smallest absolute Gasteiger partial charge is 0.283 e. The highest BCUT2D eigenvalue weighted by molar-refractivity contribution is 7.89. The zero-order valence-corrected chi connectivity index (χ0v) is 15.5. The van der Waals surface area contributed by atoms with E-state index >= 15 is 0 Å². The van der Waals surface area contributed by atoms with Gasteiger partial charge in [-0.15, -0.1) is 0 Å². The number of carbonyl (C=O) groups is 1. The van der Waals surface area contributed by atoms with Crippen LogP contribution in [0.5, 0.6) is 0 Å². The molecule has 4 rings (SSSR count). The Bertz CT molecular complexity index is 1140. The van der Waals surface area contributed by atoms with Crippen LogP contribution in [-0.2, 0) is 15.4 Å². The molecule has 132 valence electrons. The molecule has 0 amide bonds. The van der Waals surface area contributed by atoms with Crippen molar-refractivity contribution >= 4 is 15.8 Å². The molecule has 0 saturated heterocycles. The third kappa shape index (κ3) is 2.25. The van der Waals surface area contributed by atoms with Crippen molar-refractivity contribution in [2.75, 3.05) is 0 Å². The van der Waals surface area contributed by atoms with Gasteiger partial charge < -0.3 is 0 Å². The average molecular weight is 366 g/mol. The van der Waals surface area contributed by atoms with Crippen LogP contribution in [0.3, 0.4) is 0 Å². The molecule has 0 saturated carbocycles. The lowest BCUT2D eigenvalue weighted by atomic mass is 9.88. The number of nitrogens with zero attached hydrogens (tertiary/aromatic N) is 2. The van der Waals surface area contributed by atoms with Crippen molar-refractivity contribution in [2.24, 2.45) is 0 Å². The lowest BCUT2D eigenvalue weighted by molar-refractivity contribution is 0.104. The summed E-state index contributed by atoms with van der Waals surface area (Å²) >= 11 is 0. The molecule has 5 nitrogen and oxygen atoms in total. The number of fused-ring (bicyclic) bond motifs is 3. The minimum absolute atomic E-state index is 0.146. The van der Waals surface area contributed by atoms with Crippen molar-refractivity contribution < 1.29 is 13.2 Å². The topological polar surface area (TPSA) is 69.0 Å². The molecule has 0 N–H and O–H groups in total. The van der Waals surface area contributed by atoms with Gasteiger partial charge in [-0.3, -0.25) is 4.79 Å². The van der Waals surface area contributed by atoms with Gasteiger partial charge in [0.25, 0.3) is 10.0 Å². The summed E-state index contributed by atoms with van der Waals surface area (Å²) in [7, 11) is -3.90. The monoisotopic (exact) mass is 366 g/mol. The van der Waals surface area contributed by atoms with Crippen LogP contribution in [0.2, 0.25) is 0 Å². The first-order chi connectivity index (χ1) is 12.2. The fraction of sp³-hybridized carbons (Fsp3) is 0.200.